The van der Waals surface area contributed by atoms with Gasteiger partial charge in [-0.2, -0.15) is 0 Å². The first kappa shape index (κ1) is 19.3. The molecule has 0 bridgehead atoms. The van der Waals surface area contributed by atoms with Gasteiger partial charge < -0.3 is 10.1 Å². The van der Waals surface area contributed by atoms with Crippen LogP contribution in [0.2, 0.25) is 0 Å². The summed E-state index contributed by atoms with van der Waals surface area (Å²) in [4.78, 5) is 29.0. The zero-order valence-electron chi connectivity index (χ0n) is 16.1. The fraction of sp³-hybridized carbons (Fsp3) is 0.0870. The Balaban J connectivity index is 1.52. The minimum atomic E-state index is -0.591. The van der Waals surface area contributed by atoms with Crippen molar-refractivity contribution in [2.24, 2.45) is 0 Å². The Morgan fingerprint density at radius 1 is 1.10 bits per heavy atom. The van der Waals surface area contributed by atoms with Crippen LogP contribution in [0.25, 0.3) is 5.65 Å². The summed E-state index contributed by atoms with van der Waals surface area (Å²) >= 11 is 0. The number of hydrogen-bond acceptors (Lipinski definition) is 4. The van der Waals surface area contributed by atoms with E-state index < -0.39 is 11.7 Å². The number of nitrogens with one attached hydrogen (secondary N) is 1. The minimum absolute atomic E-state index is 0.0404. The van der Waals surface area contributed by atoms with Crippen molar-refractivity contribution in [3.8, 4) is 5.75 Å². The van der Waals surface area contributed by atoms with Crippen LogP contribution in [0.15, 0.2) is 77.7 Å². The maximum absolute atomic E-state index is 13.8. The highest BCUT2D eigenvalue weighted by molar-refractivity contribution is 6.04. The van der Waals surface area contributed by atoms with E-state index in [-0.39, 0.29) is 17.7 Å². The highest BCUT2D eigenvalue weighted by Crippen LogP contribution is 2.24. The largest absolute Gasteiger partial charge is 0.487 e. The van der Waals surface area contributed by atoms with Gasteiger partial charge in [-0.25, -0.2) is 9.37 Å². The molecule has 0 spiro atoms. The van der Waals surface area contributed by atoms with Gasteiger partial charge in [0.25, 0.3) is 11.5 Å². The van der Waals surface area contributed by atoms with Crippen molar-refractivity contribution in [2.75, 3.05) is 5.32 Å². The highest BCUT2D eigenvalue weighted by Gasteiger charge is 2.12. The van der Waals surface area contributed by atoms with Crippen LogP contribution in [-0.4, -0.2) is 15.3 Å². The number of amides is 1. The molecular formula is C23H18FN3O3. The van der Waals surface area contributed by atoms with Gasteiger partial charge in [-0.3, -0.25) is 14.0 Å². The minimum Gasteiger partial charge on any atom is -0.487 e. The van der Waals surface area contributed by atoms with Gasteiger partial charge in [-0.05, 0) is 42.8 Å². The van der Waals surface area contributed by atoms with Crippen LogP contribution in [0, 0.1) is 12.7 Å². The molecular weight excluding hydrogens is 385 g/mol. The second-order valence-corrected chi connectivity index (χ2v) is 6.72. The molecule has 0 saturated carbocycles. The SMILES string of the molecule is Cc1ccc(NC(=O)c2ccccc2F)cc1OCc1cc(=O)n2ccccc2n1. The standard InChI is InChI=1S/C23H18FN3O3/c1-15-9-10-16(26-23(29)18-6-2-3-7-19(18)24)12-20(15)30-14-17-13-22(28)27-11-5-4-8-21(27)25-17/h2-13H,14H2,1H3,(H,26,29). The Bertz CT molecular complexity index is 1300. The Labute approximate surface area is 171 Å². The maximum atomic E-state index is 13.8. The Morgan fingerprint density at radius 3 is 2.73 bits per heavy atom. The third kappa shape index (κ3) is 4.05. The average molecular weight is 403 g/mol. The lowest BCUT2D eigenvalue weighted by Crippen LogP contribution is -2.16. The van der Waals surface area contributed by atoms with E-state index in [1.54, 1.807) is 48.7 Å². The fourth-order valence-corrected chi connectivity index (χ4v) is 3.01. The van der Waals surface area contributed by atoms with Crippen molar-refractivity contribution < 1.29 is 13.9 Å². The van der Waals surface area contributed by atoms with Crippen molar-refractivity contribution >= 4 is 17.2 Å². The summed E-state index contributed by atoms with van der Waals surface area (Å²) in [6.45, 7) is 1.95. The first-order valence-electron chi connectivity index (χ1n) is 9.28. The molecule has 2 aromatic heterocycles. The summed E-state index contributed by atoms with van der Waals surface area (Å²) in [7, 11) is 0. The Morgan fingerprint density at radius 2 is 1.90 bits per heavy atom. The molecule has 150 valence electrons. The Kier molecular flexibility index (Phi) is 5.26. The number of ether oxygens (including phenoxy) is 1. The summed E-state index contributed by atoms with van der Waals surface area (Å²) in [6.07, 6.45) is 1.65. The van der Waals surface area contributed by atoms with Crippen molar-refractivity contribution in [1.82, 2.24) is 9.38 Å². The van der Waals surface area contributed by atoms with Gasteiger partial charge in [-0.1, -0.05) is 24.3 Å². The number of benzene rings is 2. The first-order chi connectivity index (χ1) is 14.5. The van der Waals surface area contributed by atoms with Crippen molar-refractivity contribution in [3.63, 3.8) is 0 Å². The molecule has 4 aromatic rings. The molecule has 0 aliphatic heterocycles. The normalized spacial score (nSPS) is 10.7. The molecule has 30 heavy (non-hydrogen) atoms. The van der Waals surface area contributed by atoms with E-state index in [4.69, 9.17) is 4.74 Å². The van der Waals surface area contributed by atoms with Gasteiger partial charge >= 0.3 is 0 Å². The third-order valence-electron chi connectivity index (χ3n) is 4.56. The number of halogens is 1. The zero-order chi connectivity index (χ0) is 21.1. The van der Waals surface area contributed by atoms with Gasteiger partial charge in [0.1, 0.15) is 23.8 Å². The number of nitrogens with zero attached hydrogens (tertiary/aromatic N) is 2. The molecule has 0 fully saturated rings. The summed E-state index contributed by atoms with van der Waals surface area (Å²) in [5, 5.41) is 2.67. The van der Waals surface area contributed by atoms with Crippen LogP contribution < -0.4 is 15.6 Å². The van der Waals surface area contributed by atoms with Crippen LogP contribution in [0.1, 0.15) is 21.6 Å². The first-order valence-corrected chi connectivity index (χ1v) is 9.28. The molecule has 2 aromatic carbocycles. The van der Waals surface area contributed by atoms with Gasteiger partial charge in [-0.15, -0.1) is 0 Å². The Hall–Kier alpha value is -4.00. The lowest BCUT2D eigenvalue weighted by Gasteiger charge is -2.12. The smallest absolute Gasteiger partial charge is 0.258 e. The van der Waals surface area contributed by atoms with Crippen LogP contribution in [0.5, 0.6) is 5.75 Å². The number of anilines is 1. The highest BCUT2D eigenvalue weighted by atomic mass is 19.1. The number of aromatic nitrogens is 2. The molecule has 0 aliphatic rings. The van der Waals surface area contributed by atoms with Crippen molar-refractivity contribution in [3.05, 3.63) is 106 Å². The molecule has 0 radical (unpaired) electrons. The third-order valence-corrected chi connectivity index (χ3v) is 4.56. The van der Waals surface area contributed by atoms with Gasteiger partial charge in [0.2, 0.25) is 0 Å². The summed E-state index contributed by atoms with van der Waals surface area (Å²) in [5.41, 5.74) is 2.10. The van der Waals surface area contributed by atoms with E-state index in [0.717, 1.165) is 5.56 Å². The van der Waals surface area contributed by atoms with E-state index >= 15 is 0 Å². The topological polar surface area (TPSA) is 72.7 Å². The molecule has 0 atom stereocenters. The quantitative estimate of drug-likeness (QED) is 0.547. The number of carbonyl (C=O) groups excluding carboxylic acids is 1. The second-order valence-electron chi connectivity index (χ2n) is 6.72. The van der Waals surface area contributed by atoms with Gasteiger partial charge in [0.15, 0.2) is 0 Å². The molecule has 0 saturated heterocycles. The van der Waals surface area contributed by atoms with E-state index in [1.807, 2.05) is 6.92 Å². The lowest BCUT2D eigenvalue weighted by atomic mass is 10.1. The van der Waals surface area contributed by atoms with E-state index in [0.29, 0.717) is 22.8 Å². The molecule has 6 nitrogen and oxygen atoms in total. The lowest BCUT2D eigenvalue weighted by molar-refractivity contribution is 0.102. The average Bonchev–Trinajstić information content (AvgIpc) is 2.74. The number of fused-ring (bicyclic) bond motifs is 1. The monoisotopic (exact) mass is 403 g/mol. The zero-order valence-corrected chi connectivity index (χ0v) is 16.1. The predicted molar refractivity (Wildman–Crippen MR) is 111 cm³/mol. The molecule has 1 N–H and O–H groups in total. The van der Waals surface area contributed by atoms with Crippen LogP contribution in [0.4, 0.5) is 10.1 Å². The number of rotatable bonds is 5. The molecule has 0 unspecified atom stereocenters. The predicted octanol–water partition coefficient (Wildman–Crippen LogP) is 3.97. The molecule has 1 amide bonds. The van der Waals surface area contributed by atoms with E-state index in [2.05, 4.69) is 10.3 Å². The number of pyridine rings is 1. The number of hydrogen-bond donors (Lipinski definition) is 1. The summed E-state index contributed by atoms with van der Waals surface area (Å²) < 4.78 is 21.1. The van der Waals surface area contributed by atoms with E-state index in [1.165, 1.54) is 28.7 Å². The molecule has 4 rings (SSSR count). The fourth-order valence-electron chi connectivity index (χ4n) is 3.01. The molecule has 2 heterocycles. The van der Waals surface area contributed by atoms with Crippen molar-refractivity contribution in [1.29, 1.82) is 0 Å². The molecule has 7 heteroatoms. The number of carbonyl (C=O) groups is 1. The van der Waals surface area contributed by atoms with Crippen LogP contribution in [-0.2, 0) is 6.61 Å². The van der Waals surface area contributed by atoms with Crippen molar-refractivity contribution in [2.45, 2.75) is 13.5 Å². The van der Waals surface area contributed by atoms with Crippen LogP contribution in [0.3, 0.4) is 0 Å². The molecule has 0 aliphatic carbocycles. The maximum Gasteiger partial charge on any atom is 0.258 e. The summed E-state index contributed by atoms with van der Waals surface area (Å²) in [6, 6.07) is 17.7. The van der Waals surface area contributed by atoms with Crippen LogP contribution >= 0.6 is 0 Å². The van der Waals surface area contributed by atoms with Gasteiger partial charge in [0, 0.05) is 24.0 Å². The van der Waals surface area contributed by atoms with E-state index in [9.17, 15) is 14.0 Å². The number of aryl methyl sites for hydroxylation is 1. The summed E-state index contributed by atoms with van der Waals surface area (Å²) in [5.74, 6) is -0.615. The second kappa shape index (κ2) is 8.16. The van der Waals surface area contributed by atoms with Gasteiger partial charge in [0.05, 0.1) is 11.3 Å².